The van der Waals surface area contributed by atoms with Gasteiger partial charge in [0.2, 0.25) is 0 Å². The molecule has 0 aromatic heterocycles. The molecule has 2 aromatic carbocycles. The van der Waals surface area contributed by atoms with Crippen LogP contribution in [-0.4, -0.2) is 60.3 Å². The van der Waals surface area contributed by atoms with Crippen molar-refractivity contribution >= 4 is 10.8 Å². The van der Waals surface area contributed by atoms with Crippen molar-refractivity contribution in [2.45, 2.75) is 56.5 Å². The van der Waals surface area contributed by atoms with Crippen LogP contribution in [0.1, 0.15) is 56.4 Å². The first-order chi connectivity index (χ1) is 13.7. The maximum atomic E-state index is 12.0. The minimum atomic E-state index is -0.589. The second-order valence-corrected chi connectivity index (χ2v) is 9.10. The van der Waals surface area contributed by atoms with Gasteiger partial charge in [0, 0.05) is 38.6 Å². The molecule has 3 nitrogen and oxygen atoms in total. The zero-order chi connectivity index (χ0) is 19.4. The zero-order valence-electron chi connectivity index (χ0n) is 17.4. The fourth-order valence-corrected chi connectivity index (χ4v) is 5.27. The summed E-state index contributed by atoms with van der Waals surface area (Å²) in [5, 5.41) is 14.6. The summed E-state index contributed by atoms with van der Waals surface area (Å²) < 4.78 is 0. The highest BCUT2D eigenvalue weighted by atomic mass is 16.3. The van der Waals surface area contributed by atoms with Gasteiger partial charge in [0.1, 0.15) is 0 Å². The van der Waals surface area contributed by atoms with Crippen LogP contribution < -0.4 is 0 Å². The molecule has 152 valence electrons. The van der Waals surface area contributed by atoms with E-state index in [4.69, 9.17) is 0 Å². The number of fused-ring (bicyclic) bond motifs is 1. The molecule has 0 radical (unpaired) electrons. The monoisotopic (exact) mass is 380 g/mol. The van der Waals surface area contributed by atoms with E-state index < -0.39 is 5.60 Å². The Labute approximate surface area is 170 Å². The average molecular weight is 381 g/mol. The third-order valence-corrected chi connectivity index (χ3v) is 7.10. The van der Waals surface area contributed by atoms with Gasteiger partial charge in [0.25, 0.3) is 0 Å². The number of piperazine rings is 1. The van der Waals surface area contributed by atoms with E-state index in [0.29, 0.717) is 0 Å². The standard InChI is InChI=1S/C25H36N2O/c1-26-16-18-27(19-17-26)20-24(25(28)14-7-3-2-4-8-15-25)23-13-9-11-21-10-5-6-12-22(21)23/h5-6,9-13,24,28H,2-4,7-8,14-20H2,1H3. The second kappa shape index (κ2) is 8.94. The summed E-state index contributed by atoms with van der Waals surface area (Å²) in [6, 6.07) is 15.4. The molecule has 3 heteroatoms. The molecule has 1 unspecified atom stereocenters. The molecule has 1 heterocycles. The van der Waals surface area contributed by atoms with Crippen molar-refractivity contribution in [1.82, 2.24) is 9.80 Å². The van der Waals surface area contributed by atoms with Gasteiger partial charge in [-0.05, 0) is 36.2 Å². The van der Waals surface area contributed by atoms with E-state index in [2.05, 4.69) is 59.3 Å². The Morgan fingerprint density at radius 3 is 2.25 bits per heavy atom. The lowest BCUT2D eigenvalue weighted by atomic mass is 9.73. The van der Waals surface area contributed by atoms with Gasteiger partial charge in [0.05, 0.1) is 5.60 Å². The Hall–Kier alpha value is -1.42. The summed E-state index contributed by atoms with van der Waals surface area (Å²) >= 11 is 0. The normalized spacial score (nSPS) is 23.2. The molecule has 1 saturated heterocycles. The number of aliphatic hydroxyl groups is 1. The molecule has 0 spiro atoms. The molecule has 1 aliphatic heterocycles. The van der Waals surface area contributed by atoms with Gasteiger partial charge >= 0.3 is 0 Å². The first-order valence-electron chi connectivity index (χ1n) is 11.3. The van der Waals surface area contributed by atoms with Crippen molar-refractivity contribution in [3.05, 3.63) is 48.0 Å². The van der Waals surface area contributed by atoms with Crippen LogP contribution in [0.5, 0.6) is 0 Å². The highest BCUT2D eigenvalue weighted by Gasteiger charge is 2.39. The first-order valence-corrected chi connectivity index (χ1v) is 11.3. The summed E-state index contributed by atoms with van der Waals surface area (Å²) in [6.07, 6.45) is 8.04. The zero-order valence-corrected chi connectivity index (χ0v) is 17.4. The summed E-state index contributed by atoms with van der Waals surface area (Å²) in [6.45, 7) is 5.43. The fraction of sp³-hybridized carbons (Fsp3) is 0.600. The maximum Gasteiger partial charge on any atom is 0.0728 e. The van der Waals surface area contributed by atoms with E-state index in [9.17, 15) is 5.11 Å². The van der Waals surface area contributed by atoms with Crippen molar-refractivity contribution < 1.29 is 5.11 Å². The smallest absolute Gasteiger partial charge is 0.0728 e. The largest absolute Gasteiger partial charge is 0.389 e. The van der Waals surface area contributed by atoms with Gasteiger partial charge in [-0.15, -0.1) is 0 Å². The number of rotatable bonds is 4. The first kappa shape index (κ1) is 19.9. The van der Waals surface area contributed by atoms with Gasteiger partial charge < -0.3 is 14.9 Å². The summed E-state index contributed by atoms with van der Waals surface area (Å²) in [5.74, 6) is 0.181. The van der Waals surface area contributed by atoms with Crippen LogP contribution in [0.4, 0.5) is 0 Å². The van der Waals surface area contributed by atoms with Crippen molar-refractivity contribution in [2.24, 2.45) is 0 Å². The van der Waals surface area contributed by atoms with E-state index in [0.717, 1.165) is 58.4 Å². The Morgan fingerprint density at radius 2 is 1.50 bits per heavy atom. The lowest BCUT2D eigenvalue weighted by Gasteiger charge is -2.42. The molecule has 4 rings (SSSR count). The predicted octanol–water partition coefficient (Wildman–Crippen LogP) is 4.65. The maximum absolute atomic E-state index is 12.0. The minimum Gasteiger partial charge on any atom is -0.389 e. The third kappa shape index (κ3) is 4.42. The number of nitrogens with zero attached hydrogens (tertiary/aromatic N) is 2. The summed E-state index contributed by atoms with van der Waals surface area (Å²) in [4.78, 5) is 5.00. The van der Waals surface area contributed by atoms with E-state index in [1.807, 2.05) is 0 Å². The molecular formula is C25H36N2O. The highest BCUT2D eigenvalue weighted by Crippen LogP contribution is 2.41. The van der Waals surface area contributed by atoms with Crippen LogP contribution in [0.2, 0.25) is 0 Å². The average Bonchev–Trinajstić information content (AvgIpc) is 2.70. The Balaban J connectivity index is 1.69. The van der Waals surface area contributed by atoms with Crippen LogP contribution in [0.15, 0.2) is 42.5 Å². The van der Waals surface area contributed by atoms with Crippen LogP contribution in [0, 0.1) is 0 Å². The molecule has 2 aromatic rings. The van der Waals surface area contributed by atoms with Crippen molar-refractivity contribution in [2.75, 3.05) is 39.8 Å². The Kier molecular flexibility index (Phi) is 6.35. The number of likely N-dealkylation sites (N-methyl/N-ethyl adjacent to an activating group) is 1. The number of hydrogen-bond acceptors (Lipinski definition) is 3. The molecule has 0 amide bonds. The van der Waals surface area contributed by atoms with E-state index in [1.54, 1.807) is 0 Å². The SMILES string of the molecule is CN1CCN(CC(c2cccc3ccccc23)C2(O)CCCCCCC2)CC1. The van der Waals surface area contributed by atoms with Gasteiger partial charge in [-0.2, -0.15) is 0 Å². The molecular weight excluding hydrogens is 344 g/mol. The molecule has 28 heavy (non-hydrogen) atoms. The second-order valence-electron chi connectivity index (χ2n) is 9.10. The van der Waals surface area contributed by atoms with Gasteiger partial charge in [-0.1, -0.05) is 74.6 Å². The minimum absolute atomic E-state index is 0.181. The lowest BCUT2D eigenvalue weighted by molar-refractivity contribution is -0.0250. The molecule has 1 N–H and O–H groups in total. The molecule has 1 saturated carbocycles. The van der Waals surface area contributed by atoms with E-state index >= 15 is 0 Å². The quantitative estimate of drug-likeness (QED) is 0.837. The van der Waals surface area contributed by atoms with Crippen LogP contribution in [0.25, 0.3) is 10.8 Å². The lowest BCUT2D eigenvalue weighted by Crippen LogP contribution is -2.49. The fourth-order valence-electron chi connectivity index (χ4n) is 5.27. The molecule has 1 aliphatic carbocycles. The van der Waals surface area contributed by atoms with E-state index in [1.165, 1.54) is 35.6 Å². The van der Waals surface area contributed by atoms with Gasteiger partial charge in [-0.25, -0.2) is 0 Å². The van der Waals surface area contributed by atoms with Crippen LogP contribution in [-0.2, 0) is 0 Å². The predicted molar refractivity (Wildman–Crippen MR) is 118 cm³/mol. The van der Waals surface area contributed by atoms with Crippen molar-refractivity contribution in [3.63, 3.8) is 0 Å². The molecule has 1 atom stereocenters. The Morgan fingerprint density at radius 1 is 0.857 bits per heavy atom. The van der Waals surface area contributed by atoms with Crippen LogP contribution >= 0.6 is 0 Å². The molecule has 0 bridgehead atoms. The van der Waals surface area contributed by atoms with Gasteiger partial charge in [0.15, 0.2) is 0 Å². The third-order valence-electron chi connectivity index (χ3n) is 7.10. The summed E-state index contributed by atoms with van der Waals surface area (Å²) in [7, 11) is 2.21. The number of hydrogen-bond donors (Lipinski definition) is 1. The van der Waals surface area contributed by atoms with E-state index in [-0.39, 0.29) is 5.92 Å². The summed E-state index contributed by atoms with van der Waals surface area (Å²) in [5.41, 5.74) is 0.758. The topological polar surface area (TPSA) is 26.7 Å². The van der Waals surface area contributed by atoms with Gasteiger partial charge in [-0.3, -0.25) is 0 Å². The number of benzene rings is 2. The van der Waals surface area contributed by atoms with Crippen molar-refractivity contribution in [3.8, 4) is 0 Å². The molecule has 2 fully saturated rings. The van der Waals surface area contributed by atoms with Crippen LogP contribution in [0.3, 0.4) is 0 Å². The van der Waals surface area contributed by atoms with Crippen molar-refractivity contribution in [1.29, 1.82) is 0 Å². The Bertz CT molecular complexity index is 753. The molecule has 2 aliphatic rings. The highest BCUT2D eigenvalue weighted by molar-refractivity contribution is 5.86.